The summed E-state index contributed by atoms with van der Waals surface area (Å²) in [7, 11) is -1.83. The molecule has 0 bridgehead atoms. The van der Waals surface area contributed by atoms with E-state index in [1.807, 2.05) is 25.1 Å². The number of hydrogen-bond donors (Lipinski definition) is 1. The van der Waals surface area contributed by atoms with Crippen molar-refractivity contribution in [3.63, 3.8) is 0 Å². The highest BCUT2D eigenvalue weighted by molar-refractivity contribution is 8.03. The first-order valence-electron chi connectivity index (χ1n) is 10.6. The molecule has 0 saturated carbocycles. The lowest BCUT2D eigenvalue weighted by Crippen LogP contribution is -2.63. The van der Waals surface area contributed by atoms with Crippen LogP contribution in [-0.2, 0) is 18.8 Å². The molecule has 1 fully saturated rings. The van der Waals surface area contributed by atoms with E-state index in [0.717, 1.165) is 0 Å². The molecular weight excluding hydrogens is 448 g/mol. The Morgan fingerprint density at radius 3 is 2.59 bits per heavy atom. The number of fused-ring (bicyclic) bond motifs is 1. The van der Waals surface area contributed by atoms with Crippen LogP contribution in [0.1, 0.15) is 13.3 Å². The number of amides is 2. The molecule has 0 aliphatic carbocycles. The van der Waals surface area contributed by atoms with Gasteiger partial charge in [-0.3, -0.25) is 9.59 Å². The number of rotatable bonds is 11. The van der Waals surface area contributed by atoms with Gasteiger partial charge < -0.3 is 29.3 Å². The quantitative estimate of drug-likeness (QED) is 0.291. The van der Waals surface area contributed by atoms with Crippen LogP contribution >= 0.6 is 11.8 Å². The Bertz CT molecular complexity index is 901. The zero-order chi connectivity index (χ0) is 23.5. The van der Waals surface area contributed by atoms with Crippen LogP contribution in [0.5, 0.6) is 5.75 Å². The summed E-state index contributed by atoms with van der Waals surface area (Å²) in [6.07, 6.45) is 0.209. The Labute approximate surface area is 193 Å². The number of thioether (sulfide) groups is 1. The van der Waals surface area contributed by atoms with Crippen LogP contribution in [0.25, 0.3) is 0 Å². The molecule has 2 aliphatic heterocycles. The molecule has 32 heavy (non-hydrogen) atoms. The standard InChI is InChI=1S/C22H30N2O6SSi/c1-14(30-32(2,3)4)19-16-12-17(20(22(27)28)24(16)21(19)26)31-11-10-23-18(25)13-29-15-8-6-5-7-9-15/h5-9,14,16,19H,10-13H2,1-4H3,(H,23,25)(H,27,28)/p-1/t14-,16+,19-/m0/s1. The summed E-state index contributed by atoms with van der Waals surface area (Å²) in [5.41, 5.74) is -0.0415. The van der Waals surface area contributed by atoms with Crippen LogP contribution in [0.4, 0.5) is 0 Å². The minimum absolute atomic E-state index is 0.0415. The number of carbonyl (C=O) groups is 3. The van der Waals surface area contributed by atoms with Crippen molar-refractivity contribution in [1.82, 2.24) is 10.2 Å². The highest BCUT2D eigenvalue weighted by atomic mass is 32.2. The number of nitrogens with one attached hydrogen (secondary N) is 1. The molecule has 1 saturated heterocycles. The maximum atomic E-state index is 12.7. The lowest BCUT2D eigenvalue weighted by atomic mass is 9.83. The Kier molecular flexibility index (Phi) is 7.68. The van der Waals surface area contributed by atoms with E-state index in [4.69, 9.17) is 9.16 Å². The first kappa shape index (κ1) is 24.3. The summed E-state index contributed by atoms with van der Waals surface area (Å²) in [6, 6.07) is 8.84. The molecule has 0 unspecified atom stereocenters. The van der Waals surface area contributed by atoms with Crippen molar-refractivity contribution in [2.24, 2.45) is 5.92 Å². The van der Waals surface area contributed by atoms with Crippen molar-refractivity contribution in [2.75, 3.05) is 18.9 Å². The number of β-lactam (4-membered cyclic amide) rings is 1. The average Bonchev–Trinajstić information content (AvgIpc) is 3.03. The first-order chi connectivity index (χ1) is 15.1. The normalized spacial score (nSPS) is 21.1. The molecule has 2 aliphatic rings. The third kappa shape index (κ3) is 5.73. The van der Waals surface area contributed by atoms with Crippen LogP contribution < -0.4 is 15.2 Å². The second-order valence-electron chi connectivity index (χ2n) is 8.80. The van der Waals surface area contributed by atoms with E-state index in [9.17, 15) is 19.5 Å². The molecule has 174 valence electrons. The molecule has 3 atom stereocenters. The molecule has 1 aromatic rings. The van der Waals surface area contributed by atoms with Crippen molar-refractivity contribution in [3.8, 4) is 5.75 Å². The number of ether oxygens (including phenoxy) is 1. The number of carboxylic acids is 1. The SMILES string of the molecule is C[C@H](O[Si](C)(C)C)[C@@H]1C(=O)N2C(C(=O)[O-])=C(SCCNC(=O)COc3ccccc3)C[C@H]12. The molecule has 0 radical (unpaired) electrons. The molecule has 1 N–H and O–H groups in total. The Morgan fingerprint density at radius 2 is 1.97 bits per heavy atom. The van der Waals surface area contributed by atoms with Crippen molar-refractivity contribution < 1.29 is 28.7 Å². The third-order valence-electron chi connectivity index (χ3n) is 5.22. The van der Waals surface area contributed by atoms with E-state index < -0.39 is 14.3 Å². The fourth-order valence-corrected chi connectivity index (χ4v) is 6.37. The number of carbonyl (C=O) groups excluding carboxylic acids is 3. The molecule has 0 aromatic heterocycles. The Morgan fingerprint density at radius 1 is 1.28 bits per heavy atom. The molecular formula is C22H29N2O6SSi-. The Hall–Kier alpha value is -2.30. The van der Waals surface area contributed by atoms with Crippen LogP contribution in [0, 0.1) is 5.92 Å². The Balaban J connectivity index is 1.49. The first-order valence-corrected chi connectivity index (χ1v) is 15.0. The van der Waals surface area contributed by atoms with E-state index in [-0.39, 0.29) is 42.2 Å². The largest absolute Gasteiger partial charge is 0.543 e. The van der Waals surface area contributed by atoms with E-state index in [1.165, 1.54) is 16.7 Å². The van der Waals surface area contributed by atoms with Crippen molar-refractivity contribution in [3.05, 3.63) is 40.9 Å². The molecule has 2 heterocycles. The number of hydrogen-bond acceptors (Lipinski definition) is 7. The van der Waals surface area contributed by atoms with Gasteiger partial charge in [-0.25, -0.2) is 0 Å². The highest BCUT2D eigenvalue weighted by Gasteiger charge is 2.56. The number of aliphatic carboxylic acids is 1. The summed E-state index contributed by atoms with van der Waals surface area (Å²) < 4.78 is 11.5. The summed E-state index contributed by atoms with van der Waals surface area (Å²) in [4.78, 5) is 38.3. The minimum atomic E-state index is -1.83. The van der Waals surface area contributed by atoms with Gasteiger partial charge in [0.15, 0.2) is 14.9 Å². The number of benzene rings is 1. The summed E-state index contributed by atoms with van der Waals surface area (Å²) >= 11 is 1.33. The van der Waals surface area contributed by atoms with Gasteiger partial charge in [-0.15, -0.1) is 11.8 Å². The van der Waals surface area contributed by atoms with Gasteiger partial charge >= 0.3 is 0 Å². The van der Waals surface area contributed by atoms with Crippen LogP contribution in [-0.4, -0.2) is 62.1 Å². The fraction of sp³-hybridized carbons (Fsp3) is 0.500. The molecule has 1 aromatic carbocycles. The van der Waals surface area contributed by atoms with E-state index in [2.05, 4.69) is 25.0 Å². The highest BCUT2D eigenvalue weighted by Crippen LogP contribution is 2.47. The smallest absolute Gasteiger partial charge is 0.257 e. The van der Waals surface area contributed by atoms with Gasteiger partial charge in [-0.1, -0.05) is 18.2 Å². The monoisotopic (exact) mass is 477 g/mol. The summed E-state index contributed by atoms with van der Waals surface area (Å²) in [6.45, 7) is 8.32. The second-order valence-corrected chi connectivity index (χ2v) is 14.5. The zero-order valence-corrected chi connectivity index (χ0v) is 20.6. The van der Waals surface area contributed by atoms with E-state index in [0.29, 0.717) is 29.4 Å². The zero-order valence-electron chi connectivity index (χ0n) is 18.8. The second kappa shape index (κ2) is 10.1. The molecule has 2 amide bonds. The molecule has 0 spiro atoms. The van der Waals surface area contributed by atoms with Crippen LogP contribution in [0.3, 0.4) is 0 Å². The van der Waals surface area contributed by atoms with Gasteiger partial charge in [0.2, 0.25) is 5.91 Å². The van der Waals surface area contributed by atoms with Crippen molar-refractivity contribution in [1.29, 1.82) is 0 Å². The number of para-hydroxylation sites is 1. The lowest BCUT2D eigenvalue weighted by Gasteiger charge is -2.47. The van der Waals surface area contributed by atoms with Gasteiger partial charge in [0, 0.05) is 23.6 Å². The number of carboxylic acid groups (broad SMARTS) is 1. The summed E-state index contributed by atoms with van der Waals surface area (Å²) in [5, 5.41) is 14.5. The molecule has 8 nitrogen and oxygen atoms in total. The fourth-order valence-electron chi connectivity index (χ4n) is 4.05. The van der Waals surface area contributed by atoms with Crippen molar-refractivity contribution in [2.45, 2.75) is 45.1 Å². The summed E-state index contributed by atoms with van der Waals surface area (Å²) in [5.74, 6) is -1.08. The molecule has 10 heteroatoms. The topological polar surface area (TPSA) is 108 Å². The maximum Gasteiger partial charge on any atom is 0.257 e. The minimum Gasteiger partial charge on any atom is -0.543 e. The van der Waals surface area contributed by atoms with E-state index in [1.54, 1.807) is 12.1 Å². The lowest BCUT2D eigenvalue weighted by molar-refractivity contribution is -0.301. The van der Waals surface area contributed by atoms with Gasteiger partial charge in [0.25, 0.3) is 5.91 Å². The predicted molar refractivity (Wildman–Crippen MR) is 122 cm³/mol. The van der Waals surface area contributed by atoms with Gasteiger partial charge in [-0.2, -0.15) is 0 Å². The number of nitrogens with zero attached hydrogens (tertiary/aromatic N) is 1. The van der Waals surface area contributed by atoms with Gasteiger partial charge in [-0.05, 0) is 38.7 Å². The van der Waals surface area contributed by atoms with E-state index >= 15 is 0 Å². The van der Waals surface area contributed by atoms with Gasteiger partial charge in [0.05, 0.1) is 29.7 Å². The third-order valence-corrected chi connectivity index (χ3v) is 7.42. The molecule has 3 rings (SSSR count). The predicted octanol–water partition coefficient (Wildman–Crippen LogP) is 1.35. The van der Waals surface area contributed by atoms with Crippen molar-refractivity contribution >= 4 is 37.9 Å². The maximum absolute atomic E-state index is 12.7. The van der Waals surface area contributed by atoms with Crippen LogP contribution in [0.2, 0.25) is 19.6 Å². The average molecular weight is 478 g/mol. The van der Waals surface area contributed by atoms with Gasteiger partial charge in [0.1, 0.15) is 5.75 Å². The van der Waals surface area contributed by atoms with Crippen LogP contribution in [0.15, 0.2) is 40.9 Å².